The molecule has 0 atom stereocenters. The van der Waals surface area contributed by atoms with Crippen molar-refractivity contribution in [1.29, 1.82) is 0 Å². The van der Waals surface area contributed by atoms with Gasteiger partial charge in [-0.2, -0.15) is 0 Å². The maximum atomic E-state index is 2.34. The van der Waals surface area contributed by atoms with Crippen molar-refractivity contribution >= 4 is 10.2 Å². The number of quaternary nitrogens is 1. The molecule has 0 saturated heterocycles. The van der Waals surface area contributed by atoms with E-state index in [-0.39, 0.29) is 0 Å². The molecule has 0 spiro atoms. The Morgan fingerprint density at radius 1 is 1.00 bits per heavy atom. The van der Waals surface area contributed by atoms with Crippen molar-refractivity contribution in [2.75, 3.05) is 20.6 Å². The fourth-order valence-corrected chi connectivity index (χ4v) is 2.62. The standard InChI is InChI=1S/C14H26NSi/c1-15(2,11-7-4-8-12-16)13-14-9-5-3-6-10-14/h3,5-6,9-10H,4,7-8,11-13H2,1-2,16H3/q+1. The van der Waals surface area contributed by atoms with Crippen LogP contribution in [0.1, 0.15) is 24.8 Å². The lowest BCUT2D eigenvalue weighted by atomic mass is 10.2. The van der Waals surface area contributed by atoms with Gasteiger partial charge in [0.25, 0.3) is 0 Å². The molecule has 0 aliphatic carbocycles. The number of nitrogens with zero attached hydrogens (tertiary/aromatic N) is 1. The van der Waals surface area contributed by atoms with Crippen molar-refractivity contribution in [3.8, 4) is 0 Å². The van der Waals surface area contributed by atoms with Crippen molar-refractivity contribution < 1.29 is 4.48 Å². The van der Waals surface area contributed by atoms with E-state index < -0.39 is 0 Å². The first-order valence-electron chi connectivity index (χ1n) is 6.50. The zero-order chi connectivity index (χ0) is 11.9. The van der Waals surface area contributed by atoms with Gasteiger partial charge in [0.1, 0.15) is 6.54 Å². The van der Waals surface area contributed by atoms with Gasteiger partial charge in [-0.05, 0) is 12.8 Å². The third-order valence-electron chi connectivity index (χ3n) is 3.07. The molecule has 1 rings (SSSR count). The van der Waals surface area contributed by atoms with E-state index in [9.17, 15) is 0 Å². The van der Waals surface area contributed by atoms with E-state index >= 15 is 0 Å². The van der Waals surface area contributed by atoms with E-state index in [1.54, 1.807) is 0 Å². The number of unbranched alkanes of at least 4 members (excludes halogenated alkanes) is 2. The van der Waals surface area contributed by atoms with Crippen LogP contribution in [0.5, 0.6) is 0 Å². The fourth-order valence-electron chi connectivity index (χ4n) is 2.12. The van der Waals surface area contributed by atoms with Crippen molar-refractivity contribution in [3.63, 3.8) is 0 Å². The van der Waals surface area contributed by atoms with Crippen LogP contribution in [0.4, 0.5) is 0 Å². The summed E-state index contributed by atoms with van der Waals surface area (Å²) in [4.78, 5) is 0. The Morgan fingerprint density at radius 2 is 1.69 bits per heavy atom. The molecule has 1 nitrogen and oxygen atoms in total. The lowest BCUT2D eigenvalue weighted by Gasteiger charge is -2.30. The molecule has 0 fully saturated rings. The Labute approximate surface area is 103 Å². The quantitative estimate of drug-likeness (QED) is 0.387. The summed E-state index contributed by atoms with van der Waals surface area (Å²) >= 11 is 0. The zero-order valence-electron chi connectivity index (χ0n) is 11.1. The number of rotatable bonds is 7. The van der Waals surface area contributed by atoms with Crippen LogP contribution in [0.15, 0.2) is 30.3 Å². The van der Waals surface area contributed by atoms with Crippen molar-refractivity contribution in [3.05, 3.63) is 35.9 Å². The molecule has 1 aromatic carbocycles. The van der Waals surface area contributed by atoms with Crippen LogP contribution in [0.3, 0.4) is 0 Å². The summed E-state index contributed by atoms with van der Waals surface area (Å²) in [5.41, 5.74) is 1.45. The summed E-state index contributed by atoms with van der Waals surface area (Å²) in [6, 6.07) is 12.3. The Balaban J connectivity index is 2.33. The van der Waals surface area contributed by atoms with E-state index in [1.807, 2.05) is 0 Å². The molecule has 0 N–H and O–H groups in total. The van der Waals surface area contributed by atoms with Crippen molar-refractivity contribution in [2.24, 2.45) is 0 Å². The number of hydrogen-bond donors (Lipinski definition) is 0. The molecule has 0 unspecified atom stereocenters. The molecule has 0 aliphatic rings. The normalized spacial score (nSPS) is 11.9. The summed E-state index contributed by atoms with van der Waals surface area (Å²) in [7, 11) is 6.05. The molecule has 16 heavy (non-hydrogen) atoms. The third-order valence-corrected chi connectivity index (χ3v) is 3.78. The van der Waals surface area contributed by atoms with E-state index in [4.69, 9.17) is 0 Å². The highest BCUT2D eigenvalue weighted by Gasteiger charge is 2.14. The second-order valence-electron chi connectivity index (χ2n) is 5.36. The average Bonchev–Trinajstić information content (AvgIpc) is 2.25. The lowest BCUT2D eigenvalue weighted by Crippen LogP contribution is -2.39. The third kappa shape index (κ3) is 5.47. The molecule has 0 amide bonds. The van der Waals surface area contributed by atoms with Gasteiger partial charge < -0.3 is 4.48 Å². The molecule has 0 aliphatic heterocycles. The Kier molecular flexibility index (Phi) is 5.78. The molecule has 0 heterocycles. The predicted molar refractivity (Wildman–Crippen MR) is 75.7 cm³/mol. The van der Waals surface area contributed by atoms with Gasteiger partial charge in [-0.25, -0.2) is 0 Å². The molecular weight excluding hydrogens is 210 g/mol. The highest BCUT2D eigenvalue weighted by atomic mass is 28.1. The van der Waals surface area contributed by atoms with Gasteiger partial charge in [0.15, 0.2) is 0 Å². The Morgan fingerprint density at radius 3 is 2.31 bits per heavy atom. The van der Waals surface area contributed by atoms with Crippen LogP contribution in [-0.2, 0) is 6.54 Å². The minimum atomic E-state index is 1.12. The maximum Gasteiger partial charge on any atom is 0.104 e. The second-order valence-corrected chi connectivity index (χ2v) is 6.36. The Bertz CT molecular complexity index is 282. The Hall–Kier alpha value is -0.603. The molecule has 1 aromatic rings. The molecule has 0 aromatic heterocycles. The minimum absolute atomic E-state index is 1.12. The van der Waals surface area contributed by atoms with Gasteiger partial charge in [0.2, 0.25) is 0 Å². The summed E-state index contributed by atoms with van der Waals surface area (Å²) in [5, 5.41) is 0. The highest BCUT2D eigenvalue weighted by molar-refractivity contribution is 6.08. The average molecular weight is 236 g/mol. The number of benzene rings is 1. The van der Waals surface area contributed by atoms with Gasteiger partial charge in [0, 0.05) is 15.8 Å². The van der Waals surface area contributed by atoms with Crippen molar-refractivity contribution in [2.45, 2.75) is 31.9 Å². The molecule has 0 radical (unpaired) electrons. The van der Waals surface area contributed by atoms with Gasteiger partial charge in [-0.3, -0.25) is 0 Å². The van der Waals surface area contributed by atoms with Crippen LogP contribution in [0, 0.1) is 0 Å². The SMILES string of the molecule is C[N+](C)(CCCCC[SiH3])Cc1ccccc1. The highest BCUT2D eigenvalue weighted by Crippen LogP contribution is 2.11. The molecule has 2 heteroatoms. The van der Waals surface area contributed by atoms with E-state index in [0.717, 1.165) is 11.0 Å². The van der Waals surface area contributed by atoms with Crippen molar-refractivity contribution in [1.82, 2.24) is 0 Å². The molecule has 0 bridgehead atoms. The minimum Gasteiger partial charge on any atom is -0.325 e. The number of hydrogen-bond acceptors (Lipinski definition) is 0. The van der Waals surface area contributed by atoms with Gasteiger partial charge in [-0.15, -0.1) is 0 Å². The maximum absolute atomic E-state index is 2.34. The molecular formula is C14H26NSi+. The summed E-state index contributed by atoms with van der Waals surface area (Å²) < 4.78 is 1.12. The van der Waals surface area contributed by atoms with Crippen LogP contribution in [0.25, 0.3) is 0 Å². The molecule has 0 saturated carbocycles. The van der Waals surface area contributed by atoms with Gasteiger partial charge in [0.05, 0.1) is 20.6 Å². The van der Waals surface area contributed by atoms with Crippen LogP contribution in [-0.4, -0.2) is 35.4 Å². The largest absolute Gasteiger partial charge is 0.325 e. The van der Waals surface area contributed by atoms with Gasteiger partial charge >= 0.3 is 0 Å². The zero-order valence-corrected chi connectivity index (χ0v) is 13.1. The lowest BCUT2D eigenvalue weighted by molar-refractivity contribution is -0.903. The monoisotopic (exact) mass is 236 g/mol. The predicted octanol–water partition coefficient (Wildman–Crippen LogP) is 2.22. The topological polar surface area (TPSA) is 0 Å². The van der Waals surface area contributed by atoms with E-state index in [2.05, 4.69) is 44.4 Å². The fraction of sp³-hybridized carbons (Fsp3) is 0.571. The summed E-state index contributed by atoms with van der Waals surface area (Å²) in [6.45, 7) is 2.46. The first kappa shape index (κ1) is 13.5. The molecule has 90 valence electrons. The van der Waals surface area contributed by atoms with E-state index in [1.165, 1.54) is 47.7 Å². The first-order chi connectivity index (χ1) is 7.64. The van der Waals surface area contributed by atoms with E-state index in [0.29, 0.717) is 0 Å². The first-order valence-corrected chi connectivity index (χ1v) is 7.91. The van der Waals surface area contributed by atoms with Gasteiger partial charge in [-0.1, -0.05) is 42.8 Å². The second kappa shape index (κ2) is 6.87. The smallest absolute Gasteiger partial charge is 0.104 e. The van der Waals surface area contributed by atoms with Crippen LogP contribution >= 0.6 is 0 Å². The summed E-state index contributed by atoms with van der Waals surface area (Å²) in [5.74, 6) is 0. The van der Waals surface area contributed by atoms with Crippen LogP contribution < -0.4 is 0 Å². The summed E-state index contributed by atoms with van der Waals surface area (Å²) in [6.07, 6.45) is 4.24. The van der Waals surface area contributed by atoms with Crippen LogP contribution in [0.2, 0.25) is 6.04 Å².